The summed E-state index contributed by atoms with van der Waals surface area (Å²) in [6, 6.07) is 9.34. The largest absolute Gasteiger partial charge is 0.486 e. The van der Waals surface area contributed by atoms with Gasteiger partial charge in [-0.05, 0) is 94.3 Å². The van der Waals surface area contributed by atoms with Crippen molar-refractivity contribution >= 4 is 28.2 Å². The number of fused-ring (bicyclic) bond motifs is 1. The number of carbonyl (C=O) groups excluding carboxylic acids is 2. The lowest BCUT2D eigenvalue weighted by molar-refractivity contribution is 0.0378. The van der Waals surface area contributed by atoms with E-state index in [0.29, 0.717) is 16.3 Å². The summed E-state index contributed by atoms with van der Waals surface area (Å²) < 4.78 is 17.0. The van der Waals surface area contributed by atoms with E-state index in [-0.39, 0.29) is 24.4 Å². The summed E-state index contributed by atoms with van der Waals surface area (Å²) >= 11 is 1.46. The lowest BCUT2D eigenvalue weighted by Gasteiger charge is -2.14. The molecule has 6 nitrogen and oxygen atoms in total. The van der Waals surface area contributed by atoms with Crippen molar-refractivity contribution in [3.63, 3.8) is 0 Å². The van der Waals surface area contributed by atoms with Crippen molar-refractivity contribution in [1.29, 1.82) is 0 Å². The first kappa shape index (κ1) is 23.1. The van der Waals surface area contributed by atoms with E-state index in [1.54, 1.807) is 12.1 Å². The number of hydrogen-bond acceptors (Lipinski definition) is 6. The Labute approximate surface area is 197 Å². The van der Waals surface area contributed by atoms with Crippen LogP contribution < -0.4 is 10.1 Å². The van der Waals surface area contributed by atoms with Crippen LogP contribution in [0, 0.1) is 13.8 Å². The SMILES string of the molecule is Cc1cc(C)cc(OCc2ccc(C(=O)Nc3sc4c(c3C(=O)OC(C)C)CCCC4)o2)c1. The summed E-state index contributed by atoms with van der Waals surface area (Å²) in [4.78, 5) is 26.8. The summed E-state index contributed by atoms with van der Waals surface area (Å²) in [5.74, 6) is 0.687. The van der Waals surface area contributed by atoms with Gasteiger partial charge >= 0.3 is 5.97 Å². The molecule has 33 heavy (non-hydrogen) atoms. The Kier molecular flexibility index (Phi) is 6.88. The van der Waals surface area contributed by atoms with Gasteiger partial charge in [-0.1, -0.05) is 6.07 Å². The molecule has 7 heteroatoms. The number of thiophene rings is 1. The highest BCUT2D eigenvalue weighted by atomic mass is 32.1. The number of aryl methyl sites for hydroxylation is 3. The van der Waals surface area contributed by atoms with Crippen LogP contribution in [0.1, 0.15) is 74.9 Å². The van der Waals surface area contributed by atoms with Crippen LogP contribution in [0.2, 0.25) is 0 Å². The molecule has 174 valence electrons. The minimum Gasteiger partial charge on any atom is -0.486 e. The van der Waals surface area contributed by atoms with Gasteiger partial charge in [-0.2, -0.15) is 0 Å². The monoisotopic (exact) mass is 467 g/mol. The van der Waals surface area contributed by atoms with E-state index in [2.05, 4.69) is 11.4 Å². The Morgan fingerprint density at radius 2 is 1.82 bits per heavy atom. The number of rotatable bonds is 7. The van der Waals surface area contributed by atoms with Gasteiger partial charge in [0.25, 0.3) is 5.91 Å². The maximum Gasteiger partial charge on any atom is 0.341 e. The minimum atomic E-state index is -0.398. The molecule has 1 N–H and O–H groups in total. The van der Waals surface area contributed by atoms with Crippen molar-refractivity contribution in [2.75, 3.05) is 5.32 Å². The number of amides is 1. The lowest BCUT2D eigenvalue weighted by Crippen LogP contribution is -2.17. The topological polar surface area (TPSA) is 77.8 Å². The Morgan fingerprint density at radius 3 is 2.55 bits per heavy atom. The van der Waals surface area contributed by atoms with Crippen LogP contribution in [-0.2, 0) is 24.2 Å². The fourth-order valence-electron chi connectivity index (χ4n) is 4.06. The lowest BCUT2D eigenvalue weighted by atomic mass is 9.95. The van der Waals surface area contributed by atoms with Crippen molar-refractivity contribution < 1.29 is 23.5 Å². The third kappa shape index (κ3) is 5.47. The second-order valence-corrected chi connectivity index (χ2v) is 9.81. The predicted octanol–water partition coefficient (Wildman–Crippen LogP) is 6.23. The summed E-state index contributed by atoms with van der Waals surface area (Å²) in [6.45, 7) is 7.89. The quantitative estimate of drug-likeness (QED) is 0.417. The van der Waals surface area contributed by atoms with Gasteiger partial charge in [0.2, 0.25) is 0 Å². The van der Waals surface area contributed by atoms with Crippen LogP contribution in [0.15, 0.2) is 34.7 Å². The average Bonchev–Trinajstić information content (AvgIpc) is 3.35. The molecule has 1 aromatic carbocycles. The molecule has 1 amide bonds. The standard InChI is InChI=1S/C26H29NO5S/c1-15(2)31-26(29)23-20-7-5-6-8-22(20)33-25(23)27-24(28)21-10-9-18(32-21)14-30-19-12-16(3)11-17(4)13-19/h9-13,15H,5-8,14H2,1-4H3,(H,27,28). The highest BCUT2D eigenvalue weighted by Gasteiger charge is 2.28. The number of esters is 1. The van der Waals surface area contributed by atoms with Crippen LogP contribution in [0.3, 0.4) is 0 Å². The highest BCUT2D eigenvalue weighted by molar-refractivity contribution is 7.17. The van der Waals surface area contributed by atoms with Gasteiger partial charge in [0.05, 0.1) is 11.7 Å². The molecule has 3 aromatic rings. The van der Waals surface area contributed by atoms with E-state index in [1.807, 2.05) is 39.8 Å². The number of nitrogens with one attached hydrogen (secondary N) is 1. The molecule has 0 bridgehead atoms. The number of benzene rings is 1. The van der Waals surface area contributed by atoms with Crippen LogP contribution in [0.4, 0.5) is 5.00 Å². The molecule has 0 radical (unpaired) electrons. The molecule has 0 unspecified atom stereocenters. The predicted molar refractivity (Wildman–Crippen MR) is 128 cm³/mol. The molecule has 2 heterocycles. The zero-order chi connectivity index (χ0) is 23.5. The Hall–Kier alpha value is -3.06. The number of hydrogen-bond donors (Lipinski definition) is 1. The molecule has 0 fully saturated rings. The number of carbonyl (C=O) groups is 2. The zero-order valence-corrected chi connectivity index (χ0v) is 20.3. The van der Waals surface area contributed by atoms with E-state index < -0.39 is 5.91 Å². The normalized spacial score (nSPS) is 13.0. The van der Waals surface area contributed by atoms with Crippen molar-refractivity contribution in [2.24, 2.45) is 0 Å². The summed E-state index contributed by atoms with van der Waals surface area (Å²) in [5, 5.41) is 3.41. The van der Waals surface area contributed by atoms with Crippen molar-refractivity contribution in [1.82, 2.24) is 0 Å². The molecule has 2 aromatic heterocycles. The number of ether oxygens (including phenoxy) is 2. The second-order valence-electron chi connectivity index (χ2n) is 8.70. The summed E-state index contributed by atoms with van der Waals surface area (Å²) in [5.41, 5.74) is 3.74. The Balaban J connectivity index is 1.48. The van der Waals surface area contributed by atoms with Crippen molar-refractivity contribution in [3.8, 4) is 5.75 Å². The van der Waals surface area contributed by atoms with E-state index in [9.17, 15) is 9.59 Å². The third-order valence-electron chi connectivity index (χ3n) is 5.41. The highest BCUT2D eigenvalue weighted by Crippen LogP contribution is 2.39. The fraction of sp³-hybridized carbons (Fsp3) is 0.385. The van der Waals surface area contributed by atoms with Crippen molar-refractivity contribution in [2.45, 2.75) is 66.1 Å². The van der Waals surface area contributed by atoms with E-state index >= 15 is 0 Å². The molecule has 0 atom stereocenters. The molecule has 1 aliphatic carbocycles. The van der Waals surface area contributed by atoms with E-state index in [1.165, 1.54) is 11.3 Å². The molecular weight excluding hydrogens is 438 g/mol. The molecule has 0 spiro atoms. The van der Waals surface area contributed by atoms with Crippen LogP contribution >= 0.6 is 11.3 Å². The van der Waals surface area contributed by atoms with Crippen molar-refractivity contribution in [3.05, 3.63) is 69.0 Å². The van der Waals surface area contributed by atoms with Gasteiger partial charge in [-0.3, -0.25) is 4.79 Å². The van der Waals surface area contributed by atoms with Gasteiger partial charge in [0.15, 0.2) is 5.76 Å². The molecule has 4 rings (SSSR count). The number of anilines is 1. The third-order valence-corrected chi connectivity index (χ3v) is 6.61. The molecule has 0 saturated heterocycles. The summed E-state index contributed by atoms with van der Waals surface area (Å²) in [6.07, 6.45) is 3.62. The molecule has 1 aliphatic rings. The van der Waals surface area contributed by atoms with Crippen LogP contribution in [0.25, 0.3) is 0 Å². The molecule has 0 saturated carbocycles. The van der Waals surface area contributed by atoms with Gasteiger partial charge in [0, 0.05) is 4.88 Å². The first-order chi connectivity index (χ1) is 15.8. The minimum absolute atomic E-state index is 0.170. The number of furan rings is 1. The second kappa shape index (κ2) is 9.83. The Morgan fingerprint density at radius 1 is 1.09 bits per heavy atom. The average molecular weight is 468 g/mol. The fourth-order valence-corrected chi connectivity index (χ4v) is 5.33. The Bertz CT molecular complexity index is 1150. The van der Waals surface area contributed by atoms with E-state index in [4.69, 9.17) is 13.9 Å². The van der Waals surface area contributed by atoms with Gasteiger partial charge in [0.1, 0.15) is 23.1 Å². The van der Waals surface area contributed by atoms with Gasteiger partial charge < -0.3 is 19.2 Å². The van der Waals surface area contributed by atoms with Crippen LogP contribution in [-0.4, -0.2) is 18.0 Å². The smallest absolute Gasteiger partial charge is 0.341 e. The first-order valence-corrected chi connectivity index (χ1v) is 12.1. The molecular formula is C26H29NO5S. The van der Waals surface area contributed by atoms with Gasteiger partial charge in [-0.25, -0.2) is 4.79 Å². The van der Waals surface area contributed by atoms with Gasteiger partial charge in [-0.15, -0.1) is 11.3 Å². The van der Waals surface area contributed by atoms with E-state index in [0.717, 1.165) is 53.0 Å². The maximum atomic E-state index is 12.9. The summed E-state index contributed by atoms with van der Waals surface area (Å²) in [7, 11) is 0. The molecule has 0 aliphatic heterocycles. The first-order valence-electron chi connectivity index (χ1n) is 11.3. The van der Waals surface area contributed by atoms with Crippen LogP contribution in [0.5, 0.6) is 5.75 Å². The zero-order valence-electron chi connectivity index (χ0n) is 19.4. The maximum absolute atomic E-state index is 12.9.